The van der Waals surface area contributed by atoms with Crippen LogP contribution in [-0.2, 0) is 64.0 Å². The fraction of sp³-hybridized carbons (Fsp3) is 0.358. The van der Waals surface area contributed by atoms with Gasteiger partial charge in [-0.05, 0) is 73.2 Å². The second kappa shape index (κ2) is 28.5. The number of unbranched alkanes of at least 4 members (excludes halogenated alkanes) is 1. The average molecular weight is 1040 g/mol. The van der Waals surface area contributed by atoms with E-state index in [1.165, 1.54) is 26.0 Å². The first-order valence-corrected chi connectivity index (χ1v) is 24.9. The van der Waals surface area contributed by atoms with Gasteiger partial charge >= 0.3 is 0 Å². The maximum atomic E-state index is 14.8. The van der Waals surface area contributed by atoms with Crippen LogP contribution in [0.4, 0.5) is 0 Å². The lowest BCUT2D eigenvalue weighted by Crippen LogP contribution is -2.62. The number of nitrogens with two attached hydrogens (primary N) is 2. The molecule has 0 spiro atoms. The molecule has 1 heterocycles. The number of nitrogens with one attached hydrogen (secondary N) is 8. The summed E-state index contributed by atoms with van der Waals surface area (Å²) < 4.78 is 0. The van der Waals surface area contributed by atoms with E-state index in [0.29, 0.717) is 29.5 Å². The number of primary amides is 1. The topological polar surface area (TPSA) is 329 Å². The van der Waals surface area contributed by atoms with Crippen LogP contribution in [0.3, 0.4) is 0 Å². The number of aromatic hydroxyl groups is 1. The number of benzene rings is 4. The number of H-pyrrole nitrogens is 1. The Morgan fingerprint density at radius 2 is 1.00 bits per heavy atom. The van der Waals surface area contributed by atoms with Crippen LogP contribution in [0.15, 0.2) is 115 Å². The first-order chi connectivity index (χ1) is 35.5. The van der Waals surface area contributed by atoms with Crippen LogP contribution in [0.5, 0.6) is 5.75 Å². The predicted molar refractivity (Wildman–Crippen MR) is 281 cm³/mol. The summed E-state index contributed by atoms with van der Waals surface area (Å²) in [7, 11) is 0. The molecular weight excluding hydrogens is 969 g/mol. The van der Waals surface area contributed by atoms with E-state index >= 15 is 0 Å². The number of thiol groups is 1. The molecule has 394 valence electrons. The van der Waals surface area contributed by atoms with Gasteiger partial charge in [0.2, 0.25) is 47.3 Å². The van der Waals surface area contributed by atoms with Crippen LogP contribution >= 0.6 is 12.6 Å². The number of carbonyl (C=O) groups excluding carboxylic acids is 8. The number of hydrogen-bond acceptors (Lipinski definition) is 12. The van der Waals surface area contributed by atoms with Crippen molar-refractivity contribution in [3.8, 4) is 5.75 Å². The van der Waals surface area contributed by atoms with Crippen LogP contribution in [0.2, 0.25) is 0 Å². The van der Waals surface area contributed by atoms with Gasteiger partial charge in [-0.3, -0.25) is 38.4 Å². The lowest BCUT2D eigenvalue weighted by atomic mass is 10.00. The first kappa shape index (κ1) is 57.2. The Kier molecular flexibility index (Phi) is 22.0. The zero-order chi connectivity index (χ0) is 53.7. The molecule has 0 aliphatic heterocycles. The van der Waals surface area contributed by atoms with Crippen LogP contribution in [0, 0.1) is 0 Å². The van der Waals surface area contributed by atoms with Gasteiger partial charge in [0.1, 0.15) is 48.0 Å². The number of aromatic nitrogens is 1. The maximum Gasteiger partial charge on any atom is 0.245 e. The zero-order valence-electron chi connectivity index (χ0n) is 41.2. The Bertz CT molecular complexity index is 2690. The molecule has 20 nitrogen and oxygen atoms in total. The Hall–Kier alpha value is -7.75. The molecular formula is C53H66N10O10S. The third kappa shape index (κ3) is 17.5. The highest BCUT2D eigenvalue weighted by Crippen LogP contribution is 2.20. The van der Waals surface area contributed by atoms with Gasteiger partial charge in [-0.25, -0.2) is 0 Å². The number of carbonyl (C=O) groups is 8. The minimum absolute atomic E-state index is 0.000564. The summed E-state index contributed by atoms with van der Waals surface area (Å²) in [5.74, 6) is -6.45. The van der Waals surface area contributed by atoms with Crippen LogP contribution < -0.4 is 48.7 Å². The van der Waals surface area contributed by atoms with Crippen molar-refractivity contribution in [2.75, 3.05) is 12.3 Å². The minimum atomic E-state index is -1.67. The van der Waals surface area contributed by atoms with Crippen molar-refractivity contribution in [2.24, 2.45) is 11.5 Å². The van der Waals surface area contributed by atoms with Crippen molar-refractivity contribution in [1.82, 2.24) is 42.2 Å². The quantitative estimate of drug-likeness (QED) is 0.0242. The van der Waals surface area contributed by atoms with E-state index < -0.39 is 95.7 Å². The molecule has 0 fully saturated rings. The molecule has 0 unspecified atom stereocenters. The van der Waals surface area contributed by atoms with Gasteiger partial charge in [0.15, 0.2) is 0 Å². The molecule has 0 saturated heterocycles. The zero-order valence-corrected chi connectivity index (χ0v) is 42.1. The second-order valence-corrected chi connectivity index (χ2v) is 18.3. The number of aromatic amines is 1. The van der Waals surface area contributed by atoms with E-state index in [2.05, 4.69) is 54.8 Å². The Labute approximate surface area is 434 Å². The maximum absolute atomic E-state index is 14.8. The number of aliphatic hydroxyl groups excluding tert-OH is 1. The third-order valence-corrected chi connectivity index (χ3v) is 12.5. The number of aliphatic hydroxyl groups is 1. The van der Waals surface area contributed by atoms with Gasteiger partial charge < -0.3 is 63.9 Å². The van der Waals surface area contributed by atoms with Gasteiger partial charge in [0.25, 0.3) is 0 Å². The summed E-state index contributed by atoms with van der Waals surface area (Å²) >= 11 is 4.10. The normalized spacial score (nSPS) is 14.3. The second-order valence-electron chi connectivity index (χ2n) is 18.0. The van der Waals surface area contributed by atoms with E-state index in [9.17, 15) is 48.6 Å². The molecule has 1 aromatic heterocycles. The number of phenols is 1. The fourth-order valence-corrected chi connectivity index (χ4v) is 8.42. The van der Waals surface area contributed by atoms with Gasteiger partial charge in [-0.2, -0.15) is 12.6 Å². The summed E-state index contributed by atoms with van der Waals surface area (Å²) in [4.78, 5) is 113. The molecule has 74 heavy (non-hydrogen) atoms. The number of fused-ring (bicyclic) bond motifs is 1. The average Bonchev–Trinajstić information content (AvgIpc) is 3.79. The molecule has 0 radical (unpaired) electrons. The summed E-state index contributed by atoms with van der Waals surface area (Å²) in [6.45, 7) is 2.77. The van der Waals surface area contributed by atoms with Crippen LogP contribution in [0.25, 0.3) is 10.9 Å². The third-order valence-electron chi connectivity index (χ3n) is 12.1. The molecule has 0 aliphatic rings. The van der Waals surface area contributed by atoms with Gasteiger partial charge in [0, 0.05) is 55.5 Å². The van der Waals surface area contributed by atoms with Crippen molar-refractivity contribution in [3.05, 3.63) is 138 Å². The van der Waals surface area contributed by atoms with Gasteiger partial charge in [-0.1, -0.05) is 91.0 Å². The van der Waals surface area contributed by atoms with E-state index in [4.69, 9.17) is 11.5 Å². The van der Waals surface area contributed by atoms with Crippen molar-refractivity contribution in [3.63, 3.8) is 0 Å². The number of phenolic OH excluding ortho intramolecular Hbond substituents is 1. The highest BCUT2D eigenvalue weighted by molar-refractivity contribution is 7.80. The van der Waals surface area contributed by atoms with E-state index in [1.54, 1.807) is 79.0 Å². The SMILES string of the molecule is CC(=O)N[C@@H](Cc1ccccc1)C(=O)N[C@@H](Cc1ccc(O)cc1)C(=O)N[C@H](Cc1c[nH]c2ccccc12)C(=O)N[C@@H](CCCCN)C(=O)N[C@H](C(=O)N[C@@H](Cc1ccccc1)C(=O)N[C@@H](CS)C(N)=O)[C@@H](C)O. The van der Waals surface area contributed by atoms with Crippen LogP contribution in [0.1, 0.15) is 55.4 Å². The molecule has 8 atom stereocenters. The van der Waals surface area contributed by atoms with Crippen LogP contribution in [-0.4, -0.2) is 123 Å². The molecule has 14 N–H and O–H groups in total. The molecule has 21 heteroatoms. The molecule has 5 rings (SSSR count). The number of amides is 8. The lowest BCUT2D eigenvalue weighted by molar-refractivity contribution is -0.137. The minimum Gasteiger partial charge on any atom is -0.508 e. The summed E-state index contributed by atoms with van der Waals surface area (Å²) in [5.41, 5.74) is 14.5. The number of rotatable bonds is 28. The molecule has 5 aromatic rings. The molecule has 0 saturated carbocycles. The highest BCUT2D eigenvalue weighted by Gasteiger charge is 2.36. The van der Waals surface area contributed by atoms with Gasteiger partial charge in [-0.15, -0.1) is 0 Å². The number of para-hydroxylation sites is 1. The lowest BCUT2D eigenvalue weighted by Gasteiger charge is -2.29. The predicted octanol–water partition coefficient (Wildman–Crippen LogP) is 0.483. The smallest absolute Gasteiger partial charge is 0.245 e. The molecule has 0 bridgehead atoms. The molecule has 4 aromatic carbocycles. The highest BCUT2D eigenvalue weighted by atomic mass is 32.1. The van der Waals surface area contributed by atoms with Crippen molar-refractivity contribution in [1.29, 1.82) is 0 Å². The summed E-state index contributed by atoms with van der Waals surface area (Å²) in [6, 6.07) is 21.5. The van der Waals surface area contributed by atoms with Gasteiger partial charge in [0.05, 0.1) is 6.10 Å². The monoisotopic (exact) mass is 1030 g/mol. The Balaban J connectivity index is 1.44. The number of hydrogen-bond donors (Lipinski definition) is 13. The van der Waals surface area contributed by atoms with E-state index in [-0.39, 0.29) is 50.2 Å². The molecule has 0 aliphatic carbocycles. The van der Waals surface area contributed by atoms with E-state index in [1.807, 2.05) is 24.3 Å². The van der Waals surface area contributed by atoms with Crippen molar-refractivity contribution >= 4 is 70.8 Å². The van der Waals surface area contributed by atoms with E-state index in [0.717, 1.165) is 16.5 Å². The Morgan fingerprint density at radius 3 is 1.50 bits per heavy atom. The first-order valence-electron chi connectivity index (χ1n) is 24.2. The fourth-order valence-electron chi connectivity index (χ4n) is 8.15. The summed E-state index contributed by atoms with van der Waals surface area (Å²) in [6.07, 6.45) is 0.714. The van der Waals surface area contributed by atoms with Crippen molar-refractivity contribution < 1.29 is 48.6 Å². The molecule has 8 amide bonds. The summed E-state index contributed by atoms with van der Waals surface area (Å²) in [5, 5.41) is 40.3. The largest absolute Gasteiger partial charge is 0.508 e. The Morgan fingerprint density at radius 1 is 0.554 bits per heavy atom. The standard InChI is InChI=1S/C53H66N10O10S/c1-31(64)46(53(73)61-43(26-34-15-7-4-8-16-34)51(71)62-45(30-74)47(55)67)63-48(68)40(19-11-12-24-54)58-52(72)44(28-36-29-56-39-18-10-9-17-38(36)39)60-50(70)42(27-35-20-22-37(66)23-21-35)59-49(69)41(57-32(2)65)25-33-13-5-3-6-14-33/h3-10,13-18,20-23,29,31,40-46,56,64,66,74H,11-12,19,24-28,30,54H2,1-2H3,(H2,55,67)(H,57,65)(H,58,72)(H,59,69)(H,60,70)(H,61,73)(H,62,71)(H,63,68)/t31-,40+,41+,42+,43+,44-,45+,46+/m1/s1. The van der Waals surface area contributed by atoms with Crippen molar-refractivity contribution in [2.45, 2.75) is 107 Å².